The molecule has 1 aromatic rings. The van der Waals surface area contributed by atoms with E-state index in [0.29, 0.717) is 17.7 Å². The number of carbonyl (C=O) groups excluding carboxylic acids is 3. The number of hydrazine groups is 1. The largest absolute Gasteiger partial charge is 0.460 e. The second-order valence-electron chi connectivity index (χ2n) is 8.00. The number of allylic oxidation sites excluding steroid dienone is 1. The quantitative estimate of drug-likeness (QED) is 0.288. The van der Waals surface area contributed by atoms with Crippen molar-refractivity contribution < 1.29 is 23.9 Å². The number of benzene rings is 1. The molecule has 0 aliphatic rings. The lowest BCUT2D eigenvalue weighted by molar-refractivity contribution is -0.155. The Morgan fingerprint density at radius 3 is 2.41 bits per heavy atom. The maximum absolute atomic E-state index is 12.5. The van der Waals surface area contributed by atoms with Crippen molar-refractivity contribution in [3.8, 4) is 0 Å². The van der Waals surface area contributed by atoms with Crippen LogP contribution in [0, 0.1) is 0 Å². The summed E-state index contributed by atoms with van der Waals surface area (Å²) in [5.41, 5.74) is 3.32. The van der Waals surface area contributed by atoms with Crippen LogP contribution in [0.5, 0.6) is 0 Å². The average molecular weight is 466 g/mol. The second-order valence-corrected chi connectivity index (χ2v) is 9.35. The SMILES string of the molecule is C=C(CC(CC)Sc1ccccc1C(=O)NC)N(NC)C(=O)OCCC(=O)OC(C)(C)C. The molecule has 1 aromatic carbocycles. The number of carbonyl (C=O) groups is 3. The summed E-state index contributed by atoms with van der Waals surface area (Å²) in [6.45, 7) is 11.3. The van der Waals surface area contributed by atoms with E-state index in [2.05, 4.69) is 17.3 Å². The highest BCUT2D eigenvalue weighted by atomic mass is 32.2. The van der Waals surface area contributed by atoms with Crippen LogP contribution in [-0.4, -0.2) is 54.5 Å². The Hall–Kier alpha value is -2.52. The number of esters is 1. The summed E-state index contributed by atoms with van der Waals surface area (Å²) < 4.78 is 10.4. The van der Waals surface area contributed by atoms with E-state index in [9.17, 15) is 14.4 Å². The van der Waals surface area contributed by atoms with E-state index in [1.165, 1.54) is 5.01 Å². The fourth-order valence-corrected chi connectivity index (χ4v) is 4.00. The van der Waals surface area contributed by atoms with Gasteiger partial charge in [-0.2, -0.15) is 0 Å². The predicted molar refractivity (Wildman–Crippen MR) is 126 cm³/mol. The molecular formula is C23H35N3O5S. The number of rotatable bonds is 11. The van der Waals surface area contributed by atoms with Gasteiger partial charge in [0, 0.05) is 36.4 Å². The number of hydrogen-bond donors (Lipinski definition) is 2. The summed E-state index contributed by atoms with van der Waals surface area (Å²) in [6.07, 6.45) is 0.616. The van der Waals surface area contributed by atoms with E-state index < -0.39 is 17.7 Å². The van der Waals surface area contributed by atoms with E-state index in [4.69, 9.17) is 9.47 Å². The highest BCUT2D eigenvalue weighted by Crippen LogP contribution is 2.32. The molecule has 0 aliphatic carbocycles. The molecule has 0 saturated heterocycles. The molecule has 2 N–H and O–H groups in total. The Kier molecular flexibility index (Phi) is 11.3. The first kappa shape index (κ1) is 27.5. The van der Waals surface area contributed by atoms with Crippen LogP contribution in [-0.2, 0) is 14.3 Å². The molecule has 1 rings (SSSR count). The molecule has 0 aromatic heterocycles. The summed E-state index contributed by atoms with van der Waals surface area (Å²) in [7, 11) is 3.19. The smallest absolute Gasteiger partial charge is 0.428 e. The molecule has 9 heteroatoms. The molecule has 0 bridgehead atoms. The fourth-order valence-electron chi connectivity index (χ4n) is 2.75. The van der Waals surface area contributed by atoms with Crippen molar-refractivity contribution >= 4 is 29.7 Å². The third kappa shape index (κ3) is 9.32. The number of hydrogen-bond acceptors (Lipinski definition) is 7. The van der Waals surface area contributed by atoms with Crippen LogP contribution in [0.1, 0.15) is 57.3 Å². The number of nitrogens with zero attached hydrogens (tertiary/aromatic N) is 1. The van der Waals surface area contributed by atoms with E-state index in [1.54, 1.807) is 52.7 Å². The van der Waals surface area contributed by atoms with Gasteiger partial charge >= 0.3 is 12.1 Å². The van der Waals surface area contributed by atoms with Crippen LogP contribution < -0.4 is 10.7 Å². The fraction of sp³-hybridized carbons (Fsp3) is 0.522. The van der Waals surface area contributed by atoms with Crippen molar-refractivity contribution in [1.82, 2.24) is 15.8 Å². The molecule has 2 amide bonds. The zero-order valence-corrected chi connectivity index (χ0v) is 20.6. The Morgan fingerprint density at radius 1 is 1.19 bits per heavy atom. The average Bonchev–Trinajstić information content (AvgIpc) is 2.72. The van der Waals surface area contributed by atoms with Crippen LogP contribution in [0.25, 0.3) is 0 Å². The molecule has 32 heavy (non-hydrogen) atoms. The monoisotopic (exact) mass is 465 g/mol. The predicted octanol–water partition coefficient (Wildman–Crippen LogP) is 4.13. The van der Waals surface area contributed by atoms with Crippen molar-refractivity contribution in [2.24, 2.45) is 0 Å². The standard InChI is InChI=1S/C23H35N3O5S/c1-8-17(32-19-12-10-9-11-18(19)21(28)24-6)15-16(2)26(25-7)22(29)30-14-13-20(27)31-23(3,4)5/h9-12,17,25H,2,8,13-15H2,1,3-7H3,(H,24,28). The lowest BCUT2D eigenvalue weighted by Gasteiger charge is -2.26. The van der Waals surface area contributed by atoms with E-state index in [1.807, 2.05) is 25.1 Å². The molecule has 178 valence electrons. The van der Waals surface area contributed by atoms with Gasteiger partial charge in [-0.3, -0.25) is 9.59 Å². The third-order valence-electron chi connectivity index (χ3n) is 4.25. The van der Waals surface area contributed by atoms with Crippen LogP contribution >= 0.6 is 11.8 Å². The Balaban J connectivity index is 2.69. The molecular weight excluding hydrogens is 430 g/mol. The molecule has 1 atom stereocenters. The Labute approximate surface area is 195 Å². The van der Waals surface area contributed by atoms with Gasteiger partial charge in [0.1, 0.15) is 12.2 Å². The number of amides is 2. The summed E-state index contributed by atoms with van der Waals surface area (Å²) >= 11 is 1.56. The van der Waals surface area contributed by atoms with Crippen molar-refractivity contribution in [2.45, 2.75) is 62.7 Å². The molecule has 0 fully saturated rings. The van der Waals surface area contributed by atoms with Gasteiger partial charge in [0.25, 0.3) is 5.91 Å². The maximum atomic E-state index is 12.5. The van der Waals surface area contributed by atoms with Gasteiger partial charge in [0.05, 0.1) is 12.0 Å². The summed E-state index contributed by atoms with van der Waals surface area (Å²) in [4.78, 5) is 37.2. The Bertz CT molecular complexity index is 807. The number of thioether (sulfide) groups is 1. The lowest BCUT2D eigenvalue weighted by Crippen LogP contribution is -2.40. The minimum Gasteiger partial charge on any atom is -0.460 e. The van der Waals surface area contributed by atoms with Gasteiger partial charge in [-0.05, 0) is 39.3 Å². The first-order valence-corrected chi connectivity index (χ1v) is 11.4. The van der Waals surface area contributed by atoms with Crippen LogP contribution in [0.4, 0.5) is 4.79 Å². The second kappa shape index (κ2) is 13.1. The van der Waals surface area contributed by atoms with Gasteiger partial charge in [-0.25, -0.2) is 15.2 Å². The summed E-state index contributed by atoms with van der Waals surface area (Å²) in [5, 5.41) is 3.96. The van der Waals surface area contributed by atoms with Crippen LogP contribution in [0.2, 0.25) is 0 Å². The first-order valence-electron chi connectivity index (χ1n) is 10.5. The molecule has 0 heterocycles. The third-order valence-corrected chi connectivity index (χ3v) is 5.69. The summed E-state index contributed by atoms with van der Waals surface area (Å²) in [5.74, 6) is -0.579. The van der Waals surface area contributed by atoms with Gasteiger partial charge in [0.15, 0.2) is 0 Å². The molecule has 0 spiro atoms. The zero-order chi connectivity index (χ0) is 24.3. The van der Waals surface area contributed by atoms with Crippen molar-refractivity contribution in [2.75, 3.05) is 20.7 Å². The minimum atomic E-state index is -0.647. The molecule has 0 saturated carbocycles. The lowest BCUT2D eigenvalue weighted by atomic mass is 10.2. The first-order chi connectivity index (χ1) is 15.0. The molecule has 1 unspecified atom stereocenters. The normalized spacial score (nSPS) is 11.9. The molecule has 0 aliphatic heterocycles. The van der Waals surface area contributed by atoms with E-state index >= 15 is 0 Å². The van der Waals surface area contributed by atoms with Crippen molar-refractivity contribution in [3.63, 3.8) is 0 Å². The Morgan fingerprint density at radius 2 is 1.84 bits per heavy atom. The molecule has 8 nitrogen and oxygen atoms in total. The number of nitrogens with one attached hydrogen (secondary N) is 2. The van der Waals surface area contributed by atoms with Crippen molar-refractivity contribution in [3.05, 3.63) is 42.1 Å². The highest BCUT2D eigenvalue weighted by molar-refractivity contribution is 8.00. The van der Waals surface area contributed by atoms with Crippen LogP contribution in [0.3, 0.4) is 0 Å². The van der Waals surface area contributed by atoms with Gasteiger partial charge in [-0.15, -0.1) is 11.8 Å². The van der Waals surface area contributed by atoms with Crippen LogP contribution in [0.15, 0.2) is 41.4 Å². The maximum Gasteiger partial charge on any atom is 0.428 e. The highest BCUT2D eigenvalue weighted by Gasteiger charge is 2.22. The van der Waals surface area contributed by atoms with Gasteiger partial charge in [-0.1, -0.05) is 25.6 Å². The zero-order valence-electron chi connectivity index (χ0n) is 19.8. The van der Waals surface area contributed by atoms with Crippen molar-refractivity contribution in [1.29, 1.82) is 0 Å². The van der Waals surface area contributed by atoms with Gasteiger partial charge < -0.3 is 14.8 Å². The van der Waals surface area contributed by atoms with Gasteiger partial charge in [0.2, 0.25) is 0 Å². The topological polar surface area (TPSA) is 97.0 Å². The minimum absolute atomic E-state index is 0.0310. The molecule has 0 radical (unpaired) electrons. The van der Waals surface area contributed by atoms with E-state index in [0.717, 1.165) is 11.3 Å². The number of ether oxygens (including phenoxy) is 2. The van der Waals surface area contributed by atoms with E-state index in [-0.39, 0.29) is 24.2 Å². The summed E-state index contributed by atoms with van der Waals surface area (Å²) in [6, 6.07) is 7.40.